The minimum atomic E-state index is -0.412. The number of hydrogen-bond acceptors (Lipinski definition) is 2. The highest BCUT2D eigenvalue weighted by Gasteiger charge is 2.05. The van der Waals surface area contributed by atoms with Gasteiger partial charge in [0, 0.05) is 0 Å². The molecule has 2 rings (SSSR count). The van der Waals surface area contributed by atoms with Crippen LogP contribution in [0.15, 0.2) is 54.6 Å². The van der Waals surface area contributed by atoms with Crippen LogP contribution in [-0.4, -0.2) is 5.11 Å². The van der Waals surface area contributed by atoms with Crippen LogP contribution in [0.5, 0.6) is 5.75 Å². The summed E-state index contributed by atoms with van der Waals surface area (Å²) in [6.07, 6.45) is 0.299. The van der Waals surface area contributed by atoms with E-state index in [0.29, 0.717) is 13.0 Å². The fourth-order valence-electron chi connectivity index (χ4n) is 1.79. The molecule has 0 aliphatic carbocycles. The van der Waals surface area contributed by atoms with Gasteiger partial charge in [-0.05, 0) is 29.7 Å². The summed E-state index contributed by atoms with van der Waals surface area (Å²) in [6.45, 7) is 2.51. The Hall–Kier alpha value is -1.80. The van der Waals surface area contributed by atoms with Gasteiger partial charge < -0.3 is 9.84 Å². The van der Waals surface area contributed by atoms with Crippen molar-refractivity contribution in [3.8, 4) is 5.75 Å². The molecular formula is C16H18O2. The first-order chi connectivity index (χ1) is 8.79. The normalized spacial score (nSPS) is 12.1. The van der Waals surface area contributed by atoms with Crippen molar-refractivity contribution in [2.75, 3.05) is 0 Å². The van der Waals surface area contributed by atoms with Gasteiger partial charge in [0.15, 0.2) is 0 Å². The molecule has 0 spiro atoms. The van der Waals surface area contributed by atoms with Crippen LogP contribution in [0.25, 0.3) is 0 Å². The molecule has 0 fully saturated rings. The van der Waals surface area contributed by atoms with Gasteiger partial charge in [-0.2, -0.15) is 0 Å². The molecule has 0 aromatic heterocycles. The van der Waals surface area contributed by atoms with Gasteiger partial charge in [0.2, 0.25) is 0 Å². The lowest BCUT2D eigenvalue weighted by Gasteiger charge is -2.11. The second-order valence-electron chi connectivity index (χ2n) is 4.27. The van der Waals surface area contributed by atoms with Crippen LogP contribution in [0.2, 0.25) is 0 Å². The van der Waals surface area contributed by atoms with E-state index in [-0.39, 0.29) is 0 Å². The predicted molar refractivity (Wildman–Crippen MR) is 72.5 cm³/mol. The zero-order chi connectivity index (χ0) is 12.8. The largest absolute Gasteiger partial charge is 0.489 e. The topological polar surface area (TPSA) is 29.5 Å². The third-order valence-corrected chi connectivity index (χ3v) is 2.88. The molecule has 0 saturated carbocycles. The molecule has 0 bridgehead atoms. The molecule has 2 aromatic carbocycles. The lowest BCUT2D eigenvalue weighted by Crippen LogP contribution is -1.98. The third-order valence-electron chi connectivity index (χ3n) is 2.88. The monoisotopic (exact) mass is 242 g/mol. The number of rotatable bonds is 5. The molecule has 18 heavy (non-hydrogen) atoms. The molecular weight excluding hydrogens is 224 g/mol. The van der Waals surface area contributed by atoms with Gasteiger partial charge in [0.1, 0.15) is 12.4 Å². The van der Waals surface area contributed by atoms with E-state index in [9.17, 15) is 5.11 Å². The molecule has 94 valence electrons. The molecule has 0 aliphatic heterocycles. The average molecular weight is 242 g/mol. The van der Waals surface area contributed by atoms with Crippen LogP contribution in [0.3, 0.4) is 0 Å². The summed E-state index contributed by atoms with van der Waals surface area (Å²) in [6, 6.07) is 17.7. The summed E-state index contributed by atoms with van der Waals surface area (Å²) >= 11 is 0. The summed E-state index contributed by atoms with van der Waals surface area (Å²) < 4.78 is 5.72. The minimum absolute atomic E-state index is 0.412. The average Bonchev–Trinajstić information content (AvgIpc) is 2.45. The summed E-state index contributed by atoms with van der Waals surface area (Å²) in [5.74, 6) is 0.795. The quantitative estimate of drug-likeness (QED) is 0.866. The number of aliphatic hydroxyl groups excluding tert-OH is 1. The maximum atomic E-state index is 9.78. The first kappa shape index (κ1) is 12.7. The van der Waals surface area contributed by atoms with Crippen molar-refractivity contribution in [2.24, 2.45) is 0 Å². The van der Waals surface area contributed by atoms with E-state index in [0.717, 1.165) is 16.9 Å². The van der Waals surface area contributed by atoms with Crippen LogP contribution in [0.1, 0.15) is 30.6 Å². The van der Waals surface area contributed by atoms with Gasteiger partial charge in [-0.3, -0.25) is 0 Å². The van der Waals surface area contributed by atoms with Gasteiger partial charge in [-0.1, -0.05) is 49.4 Å². The predicted octanol–water partition coefficient (Wildman–Crippen LogP) is 3.71. The molecule has 0 heterocycles. The van der Waals surface area contributed by atoms with Crippen molar-refractivity contribution in [3.63, 3.8) is 0 Å². The number of ether oxygens (including phenoxy) is 1. The number of hydrogen-bond donors (Lipinski definition) is 1. The number of benzene rings is 2. The Morgan fingerprint density at radius 3 is 2.56 bits per heavy atom. The standard InChI is InChI=1S/C16H18O2/c1-2-16(17)14-9-6-10-15(11-14)18-12-13-7-4-3-5-8-13/h3-11,16-17H,2,12H2,1H3/t16-/m0/s1. The fraction of sp³-hybridized carbons (Fsp3) is 0.250. The van der Waals surface area contributed by atoms with Crippen molar-refractivity contribution in [1.29, 1.82) is 0 Å². The molecule has 0 unspecified atom stereocenters. The fourth-order valence-corrected chi connectivity index (χ4v) is 1.79. The van der Waals surface area contributed by atoms with E-state index in [1.807, 2.05) is 61.5 Å². The summed E-state index contributed by atoms with van der Waals surface area (Å²) in [5, 5.41) is 9.78. The molecule has 0 saturated heterocycles. The van der Waals surface area contributed by atoms with Crippen molar-refractivity contribution >= 4 is 0 Å². The van der Waals surface area contributed by atoms with Crippen LogP contribution in [0, 0.1) is 0 Å². The number of aliphatic hydroxyl groups is 1. The van der Waals surface area contributed by atoms with Crippen LogP contribution in [-0.2, 0) is 6.61 Å². The Morgan fingerprint density at radius 1 is 1.06 bits per heavy atom. The highest BCUT2D eigenvalue weighted by atomic mass is 16.5. The summed E-state index contributed by atoms with van der Waals surface area (Å²) in [5.41, 5.74) is 2.04. The van der Waals surface area contributed by atoms with E-state index in [1.165, 1.54) is 0 Å². The zero-order valence-electron chi connectivity index (χ0n) is 10.5. The van der Waals surface area contributed by atoms with E-state index >= 15 is 0 Å². The zero-order valence-corrected chi connectivity index (χ0v) is 10.5. The summed E-state index contributed by atoms with van der Waals surface area (Å²) in [4.78, 5) is 0. The lowest BCUT2D eigenvalue weighted by molar-refractivity contribution is 0.173. The van der Waals surface area contributed by atoms with Gasteiger partial charge in [-0.25, -0.2) is 0 Å². The first-order valence-electron chi connectivity index (χ1n) is 6.24. The van der Waals surface area contributed by atoms with Crippen molar-refractivity contribution in [3.05, 3.63) is 65.7 Å². The van der Waals surface area contributed by atoms with E-state index in [4.69, 9.17) is 4.74 Å². The Balaban J connectivity index is 2.01. The first-order valence-corrected chi connectivity index (χ1v) is 6.24. The Morgan fingerprint density at radius 2 is 1.83 bits per heavy atom. The van der Waals surface area contributed by atoms with Crippen LogP contribution < -0.4 is 4.74 Å². The summed E-state index contributed by atoms with van der Waals surface area (Å²) in [7, 11) is 0. The Kier molecular flexibility index (Phi) is 4.37. The molecule has 2 nitrogen and oxygen atoms in total. The highest BCUT2D eigenvalue weighted by Crippen LogP contribution is 2.21. The second kappa shape index (κ2) is 6.22. The molecule has 0 aliphatic rings. The van der Waals surface area contributed by atoms with E-state index in [2.05, 4.69) is 0 Å². The lowest BCUT2D eigenvalue weighted by atomic mass is 10.1. The van der Waals surface area contributed by atoms with Crippen molar-refractivity contribution < 1.29 is 9.84 Å². The molecule has 0 amide bonds. The molecule has 2 aromatic rings. The Bertz CT molecular complexity index is 479. The highest BCUT2D eigenvalue weighted by molar-refractivity contribution is 5.30. The maximum Gasteiger partial charge on any atom is 0.120 e. The second-order valence-corrected chi connectivity index (χ2v) is 4.27. The van der Waals surface area contributed by atoms with Crippen molar-refractivity contribution in [2.45, 2.75) is 26.1 Å². The van der Waals surface area contributed by atoms with Crippen LogP contribution >= 0.6 is 0 Å². The van der Waals surface area contributed by atoms with E-state index < -0.39 is 6.10 Å². The molecule has 1 N–H and O–H groups in total. The van der Waals surface area contributed by atoms with Gasteiger partial charge >= 0.3 is 0 Å². The van der Waals surface area contributed by atoms with Gasteiger partial charge in [0.05, 0.1) is 6.10 Å². The van der Waals surface area contributed by atoms with Crippen LogP contribution in [0.4, 0.5) is 0 Å². The van der Waals surface area contributed by atoms with Gasteiger partial charge in [0.25, 0.3) is 0 Å². The van der Waals surface area contributed by atoms with E-state index in [1.54, 1.807) is 0 Å². The van der Waals surface area contributed by atoms with Crippen molar-refractivity contribution in [1.82, 2.24) is 0 Å². The smallest absolute Gasteiger partial charge is 0.120 e. The molecule has 2 heteroatoms. The SMILES string of the molecule is CC[C@H](O)c1cccc(OCc2ccccc2)c1. The third kappa shape index (κ3) is 3.34. The Labute approximate surface area is 108 Å². The molecule has 1 atom stereocenters. The maximum absolute atomic E-state index is 9.78. The van der Waals surface area contributed by atoms with Gasteiger partial charge in [-0.15, -0.1) is 0 Å². The molecule has 0 radical (unpaired) electrons. The minimum Gasteiger partial charge on any atom is -0.489 e.